The Kier molecular flexibility index (Phi) is 13.3. The molecule has 0 saturated carbocycles. The molecule has 3 N–H and O–H groups in total. The van der Waals surface area contributed by atoms with Crippen molar-refractivity contribution in [3.63, 3.8) is 0 Å². The minimum Gasteiger partial charge on any atom is -0.497 e. The Morgan fingerprint density at radius 3 is 2.04 bits per heavy atom. The third kappa shape index (κ3) is 9.76. The van der Waals surface area contributed by atoms with Gasteiger partial charge in [-0.25, -0.2) is 4.79 Å². The third-order valence-electron chi connectivity index (χ3n) is 9.20. The average Bonchev–Trinajstić information content (AvgIpc) is 3.65. The van der Waals surface area contributed by atoms with E-state index in [-0.39, 0.29) is 44.0 Å². The summed E-state index contributed by atoms with van der Waals surface area (Å²) in [6.45, 7) is -0.163. The van der Waals surface area contributed by atoms with Gasteiger partial charge in [-0.05, 0) is 66.6 Å². The molecule has 0 spiro atoms. The molecule has 4 aromatic rings. The predicted molar refractivity (Wildman–Crippen MR) is 192 cm³/mol. The summed E-state index contributed by atoms with van der Waals surface area (Å²) in [4.78, 5) is 51.1. The number of methoxy groups -OCH3 is 2. The number of halogens is 3. The molecule has 15 heteroatoms. The maximum Gasteiger partial charge on any atom is 0.471 e. The molecule has 2 heterocycles. The van der Waals surface area contributed by atoms with Crippen molar-refractivity contribution in [2.45, 2.75) is 69.2 Å². The van der Waals surface area contributed by atoms with Crippen LogP contribution in [0, 0.1) is 0 Å². The van der Waals surface area contributed by atoms with Crippen molar-refractivity contribution < 1.29 is 41.7 Å². The summed E-state index contributed by atoms with van der Waals surface area (Å²) in [5, 5.41) is 4.43. The first-order valence-corrected chi connectivity index (χ1v) is 17.5. The zero-order chi connectivity index (χ0) is 38.7. The monoisotopic (exact) mass is 752 g/mol. The molecule has 12 nitrogen and oxygen atoms in total. The zero-order valence-corrected chi connectivity index (χ0v) is 29.9. The van der Waals surface area contributed by atoms with Crippen molar-refractivity contribution in [1.82, 2.24) is 20.2 Å². The molecule has 3 aromatic carbocycles. The molecule has 1 aliphatic heterocycles. The number of rotatable bonds is 17. The maximum absolute atomic E-state index is 12.9. The summed E-state index contributed by atoms with van der Waals surface area (Å²) in [5.74, 6) is -0.998. The fourth-order valence-corrected chi connectivity index (χ4v) is 6.34. The van der Waals surface area contributed by atoms with Gasteiger partial charge >= 0.3 is 17.8 Å². The number of nitrogens with zero attached hydrogens (tertiary/aromatic N) is 1. The summed E-state index contributed by atoms with van der Waals surface area (Å²) in [6, 6.07) is 25.1. The lowest BCUT2D eigenvalue weighted by molar-refractivity contribution is -0.173. The SMILES string of the molecule is COc1ccc(C(OC[C@@H]2CC[C@H](n3cc(CNC(=O)CCCCCNC(=O)C(F)(F)F)c(=O)[nH]c3=O)O2)(c2ccccc2)c2ccc(OC)cc2)cc1. The van der Waals surface area contributed by atoms with Gasteiger partial charge in [0.05, 0.1) is 32.5 Å². The van der Waals surface area contributed by atoms with Crippen molar-refractivity contribution >= 4 is 11.8 Å². The number of unbranched alkanes of at least 4 members (excludes halogenated alkanes) is 2. The van der Waals surface area contributed by atoms with Crippen LogP contribution in [0.4, 0.5) is 13.2 Å². The Morgan fingerprint density at radius 1 is 0.833 bits per heavy atom. The van der Waals surface area contributed by atoms with E-state index in [0.717, 1.165) is 16.7 Å². The van der Waals surface area contributed by atoms with E-state index in [1.165, 1.54) is 10.8 Å². The van der Waals surface area contributed by atoms with Crippen molar-refractivity contribution in [3.8, 4) is 11.5 Å². The van der Waals surface area contributed by atoms with E-state index < -0.39 is 41.3 Å². The van der Waals surface area contributed by atoms with Crippen LogP contribution in [0.1, 0.15) is 67.0 Å². The lowest BCUT2D eigenvalue weighted by Gasteiger charge is -2.37. The van der Waals surface area contributed by atoms with Crippen LogP contribution in [0.15, 0.2) is 94.6 Å². The van der Waals surface area contributed by atoms with Gasteiger partial charge in [0.2, 0.25) is 5.91 Å². The molecule has 0 aliphatic carbocycles. The van der Waals surface area contributed by atoms with Gasteiger partial charge in [-0.1, -0.05) is 61.0 Å². The van der Waals surface area contributed by atoms with Crippen molar-refractivity contribution in [2.24, 2.45) is 0 Å². The first-order valence-electron chi connectivity index (χ1n) is 17.5. The average molecular weight is 753 g/mol. The van der Waals surface area contributed by atoms with Gasteiger partial charge in [-0.3, -0.25) is 23.9 Å². The van der Waals surface area contributed by atoms with Crippen LogP contribution in [0.2, 0.25) is 0 Å². The standard InChI is InChI=1S/C39H43F3N4O8/c1-51-30-16-12-28(13-17-30)38(27-9-5-3-6-10-27,29-14-18-31(52-2)19-15-29)53-25-32-20-21-34(54-32)46-24-26(35(48)45-37(46)50)23-44-33(47)11-7-4-8-22-43-36(49)39(40,41)42/h3,5-6,9-10,12-19,24,32,34H,4,7-8,11,20-23,25H2,1-2H3,(H,43,49)(H,44,47)(H,45,48,50)/t32-,34+/m0/s1. The molecule has 5 rings (SSSR count). The van der Waals surface area contributed by atoms with Crippen LogP contribution in [0.3, 0.4) is 0 Å². The highest BCUT2D eigenvalue weighted by Crippen LogP contribution is 2.42. The molecular weight excluding hydrogens is 709 g/mol. The van der Waals surface area contributed by atoms with E-state index in [2.05, 4.69) is 10.3 Å². The molecule has 0 radical (unpaired) electrons. The van der Waals surface area contributed by atoms with Gasteiger partial charge in [0, 0.05) is 25.7 Å². The van der Waals surface area contributed by atoms with Crippen LogP contribution in [-0.4, -0.2) is 61.0 Å². The van der Waals surface area contributed by atoms with Crippen molar-refractivity contribution in [1.29, 1.82) is 0 Å². The minimum absolute atomic E-state index is 0.0652. The minimum atomic E-state index is -4.94. The molecule has 2 atom stereocenters. The molecule has 2 amide bonds. The van der Waals surface area contributed by atoms with Crippen LogP contribution >= 0.6 is 0 Å². The fraction of sp³-hybridized carbons (Fsp3) is 0.385. The van der Waals surface area contributed by atoms with Gasteiger partial charge in [-0.15, -0.1) is 0 Å². The van der Waals surface area contributed by atoms with Gasteiger partial charge in [-0.2, -0.15) is 13.2 Å². The first kappa shape index (κ1) is 39.8. The summed E-state index contributed by atoms with van der Waals surface area (Å²) < 4.78 is 62.3. The van der Waals surface area contributed by atoms with Gasteiger partial charge in [0.15, 0.2) is 0 Å². The highest BCUT2D eigenvalue weighted by molar-refractivity contribution is 5.81. The highest BCUT2D eigenvalue weighted by atomic mass is 19.4. The topological polar surface area (TPSA) is 150 Å². The number of nitrogens with one attached hydrogen (secondary N) is 3. The summed E-state index contributed by atoms with van der Waals surface area (Å²) in [7, 11) is 3.21. The van der Waals surface area contributed by atoms with E-state index in [0.29, 0.717) is 37.2 Å². The molecule has 288 valence electrons. The van der Waals surface area contributed by atoms with E-state index in [9.17, 15) is 32.3 Å². The Balaban J connectivity index is 1.25. The number of alkyl halides is 3. The lowest BCUT2D eigenvalue weighted by atomic mass is 9.80. The number of aromatic amines is 1. The molecular formula is C39H43F3N4O8. The molecule has 54 heavy (non-hydrogen) atoms. The molecule has 1 aliphatic rings. The van der Waals surface area contributed by atoms with Gasteiger partial charge in [0.25, 0.3) is 5.56 Å². The van der Waals surface area contributed by atoms with E-state index in [1.54, 1.807) is 19.5 Å². The Hall–Kier alpha value is -5.41. The Morgan fingerprint density at radius 2 is 1.44 bits per heavy atom. The number of hydrogen-bond donors (Lipinski definition) is 3. The number of H-pyrrole nitrogens is 1. The molecule has 0 bridgehead atoms. The number of amides is 2. The highest BCUT2D eigenvalue weighted by Gasteiger charge is 2.40. The molecule has 1 aromatic heterocycles. The van der Waals surface area contributed by atoms with Crippen molar-refractivity contribution in [2.75, 3.05) is 27.4 Å². The first-order chi connectivity index (χ1) is 25.9. The summed E-state index contributed by atoms with van der Waals surface area (Å²) in [5.41, 5.74) is 0.357. The normalized spacial score (nSPS) is 15.8. The smallest absolute Gasteiger partial charge is 0.471 e. The van der Waals surface area contributed by atoms with Gasteiger partial charge in [0.1, 0.15) is 23.3 Å². The van der Waals surface area contributed by atoms with E-state index >= 15 is 0 Å². The van der Waals surface area contributed by atoms with Gasteiger partial charge < -0.3 is 29.6 Å². The second kappa shape index (κ2) is 18.1. The largest absolute Gasteiger partial charge is 0.497 e. The number of carbonyl (C=O) groups is 2. The third-order valence-corrected chi connectivity index (χ3v) is 9.20. The summed E-state index contributed by atoms with van der Waals surface area (Å²) in [6.07, 6.45) is -2.56. The number of ether oxygens (including phenoxy) is 4. The van der Waals surface area contributed by atoms with Crippen LogP contribution in [-0.2, 0) is 31.2 Å². The van der Waals surface area contributed by atoms with Crippen LogP contribution in [0.25, 0.3) is 0 Å². The van der Waals surface area contributed by atoms with Crippen molar-refractivity contribution in [3.05, 3.63) is 128 Å². The van der Waals surface area contributed by atoms with Crippen LogP contribution < -0.4 is 31.4 Å². The van der Waals surface area contributed by atoms with Crippen LogP contribution in [0.5, 0.6) is 11.5 Å². The maximum atomic E-state index is 12.9. The Bertz CT molecular complexity index is 1920. The summed E-state index contributed by atoms with van der Waals surface area (Å²) >= 11 is 0. The molecule has 1 fully saturated rings. The van der Waals surface area contributed by atoms with E-state index in [1.807, 2.05) is 78.9 Å². The second-order valence-corrected chi connectivity index (χ2v) is 12.8. The number of benzene rings is 3. The predicted octanol–water partition coefficient (Wildman–Crippen LogP) is 5.10. The zero-order valence-electron chi connectivity index (χ0n) is 29.9. The molecule has 1 saturated heterocycles. The fourth-order valence-electron chi connectivity index (χ4n) is 6.34. The Labute approximate surface area is 309 Å². The van der Waals surface area contributed by atoms with E-state index in [4.69, 9.17) is 18.9 Å². The second-order valence-electron chi connectivity index (χ2n) is 12.8. The lowest BCUT2D eigenvalue weighted by Crippen LogP contribution is -2.37. The number of carbonyl (C=O) groups excluding carboxylic acids is 2. The number of aromatic nitrogens is 2. The number of hydrogen-bond acceptors (Lipinski definition) is 8. The molecule has 0 unspecified atom stereocenters. The quantitative estimate of drug-likeness (QED) is 0.0998.